The van der Waals surface area contributed by atoms with Crippen molar-refractivity contribution in [2.75, 3.05) is 0 Å². The van der Waals surface area contributed by atoms with Gasteiger partial charge in [-0.2, -0.15) is 0 Å². The quantitative estimate of drug-likeness (QED) is 0.176. The van der Waals surface area contributed by atoms with E-state index in [2.05, 4.69) is 58.5 Å². The van der Waals surface area contributed by atoms with Crippen LogP contribution in [0.25, 0.3) is 44.3 Å². The number of benzene rings is 3. The van der Waals surface area contributed by atoms with Gasteiger partial charge in [-0.15, -0.1) is 54.1 Å². The molecule has 0 amide bonds. The van der Waals surface area contributed by atoms with Gasteiger partial charge < -0.3 is 14.4 Å². The minimum Gasteiger partial charge on any atom is -0.505 e. The molecular weight excluding hydrogens is 633 g/mol. The average Bonchev–Trinajstić information content (AvgIpc) is 3.33. The summed E-state index contributed by atoms with van der Waals surface area (Å²) in [7, 11) is 0. The molecule has 4 heteroatoms. The molecule has 3 aromatic carbocycles. The summed E-state index contributed by atoms with van der Waals surface area (Å²) in [5, 5.41) is 3.58. The van der Waals surface area contributed by atoms with E-state index in [-0.39, 0.29) is 20.1 Å². The fourth-order valence-corrected chi connectivity index (χ4v) is 4.90. The van der Waals surface area contributed by atoms with E-state index in [1.165, 1.54) is 34.7 Å². The third-order valence-corrected chi connectivity index (χ3v) is 6.72. The number of aryl methyl sites for hydroxylation is 3. The van der Waals surface area contributed by atoms with Crippen LogP contribution in [-0.4, -0.2) is 9.97 Å². The van der Waals surface area contributed by atoms with E-state index >= 15 is 0 Å². The van der Waals surface area contributed by atoms with Crippen LogP contribution in [0, 0.1) is 19.1 Å². The van der Waals surface area contributed by atoms with Crippen molar-refractivity contribution >= 4 is 21.7 Å². The number of hydrogen-bond acceptors (Lipinski definition) is 3. The van der Waals surface area contributed by atoms with Crippen molar-refractivity contribution in [1.82, 2.24) is 9.97 Å². The van der Waals surface area contributed by atoms with Crippen molar-refractivity contribution in [3.63, 3.8) is 0 Å². The second-order valence-corrected chi connectivity index (χ2v) is 9.18. The molecule has 7 rings (SSSR count). The second kappa shape index (κ2) is 11.2. The van der Waals surface area contributed by atoms with E-state index in [0.717, 1.165) is 52.1 Å². The molecule has 0 N–H and O–H groups in total. The average molecular weight is 659 g/mol. The van der Waals surface area contributed by atoms with Crippen LogP contribution in [0.2, 0.25) is 0 Å². The zero-order valence-corrected chi connectivity index (χ0v) is 23.0. The van der Waals surface area contributed by atoms with Gasteiger partial charge in [0.25, 0.3) is 0 Å². The molecule has 1 aliphatic rings. The number of fused-ring (bicyclic) bond motifs is 4. The van der Waals surface area contributed by atoms with Crippen LogP contribution in [0.15, 0.2) is 95.7 Å². The summed E-state index contributed by atoms with van der Waals surface area (Å²) in [6.45, 7) is 2.03. The molecule has 3 nitrogen and oxygen atoms in total. The van der Waals surface area contributed by atoms with Crippen LogP contribution < -0.4 is 0 Å². The molecule has 1 radical (unpaired) electrons. The maximum absolute atomic E-state index is 6.25. The zero-order valence-electron chi connectivity index (χ0n) is 20.6. The Labute approximate surface area is 231 Å². The van der Waals surface area contributed by atoms with Crippen molar-refractivity contribution in [1.29, 1.82) is 0 Å². The summed E-state index contributed by atoms with van der Waals surface area (Å²) in [5.41, 5.74) is 7.48. The summed E-state index contributed by atoms with van der Waals surface area (Å²) in [5.74, 6) is 1.16. The predicted octanol–water partition coefficient (Wildman–Crippen LogP) is 8.18. The van der Waals surface area contributed by atoms with Crippen LogP contribution in [-0.2, 0) is 32.9 Å². The van der Waals surface area contributed by atoms with Crippen LogP contribution in [0.5, 0.6) is 0 Å². The van der Waals surface area contributed by atoms with Crippen LogP contribution in [0.1, 0.15) is 29.7 Å². The Morgan fingerprint density at radius 2 is 1.65 bits per heavy atom. The first-order valence-electron chi connectivity index (χ1n) is 12.5. The Bertz CT molecular complexity index is 1630. The molecule has 0 saturated heterocycles. The van der Waals surface area contributed by atoms with Crippen molar-refractivity contribution < 1.29 is 24.5 Å². The minimum atomic E-state index is 0. The molecule has 37 heavy (non-hydrogen) atoms. The summed E-state index contributed by atoms with van der Waals surface area (Å²) in [6, 6.07) is 33.0. The summed E-state index contributed by atoms with van der Waals surface area (Å²) >= 11 is 0. The van der Waals surface area contributed by atoms with Gasteiger partial charge in [0.05, 0.1) is 11.3 Å². The van der Waals surface area contributed by atoms with E-state index in [1.54, 1.807) is 0 Å². The number of rotatable bonds is 2. The molecule has 0 saturated carbocycles. The van der Waals surface area contributed by atoms with Crippen LogP contribution in [0.3, 0.4) is 0 Å². The maximum Gasteiger partial charge on any atom is 0.0930 e. The van der Waals surface area contributed by atoms with Gasteiger partial charge in [-0.1, -0.05) is 47.3 Å². The molecule has 0 atom stereocenters. The van der Waals surface area contributed by atoms with Gasteiger partial charge >= 0.3 is 0 Å². The Morgan fingerprint density at radius 1 is 0.784 bits per heavy atom. The number of furan rings is 1. The number of hydrogen-bond donors (Lipinski definition) is 0. The van der Waals surface area contributed by atoms with Crippen LogP contribution >= 0.6 is 0 Å². The number of pyridine rings is 2. The molecule has 3 aromatic heterocycles. The topological polar surface area (TPSA) is 38.9 Å². The fraction of sp³-hybridized carbons (Fsp3) is 0.152. The van der Waals surface area contributed by atoms with E-state index in [0.29, 0.717) is 0 Å². The van der Waals surface area contributed by atoms with Gasteiger partial charge in [-0.25, -0.2) is 0 Å². The van der Waals surface area contributed by atoms with E-state index in [4.69, 9.17) is 4.42 Å². The van der Waals surface area contributed by atoms with E-state index in [1.807, 2.05) is 61.8 Å². The molecule has 0 fully saturated rings. The standard InChI is InChI=1S/C21H16NO.C12H10N.Ir/c1-2-7-15-14(6-1)12-13-22-20(15)18-10-5-9-17-16-8-3-4-11-19(16)23-21(17)18;1-10-7-8-12(13-9-10)11-5-3-2-4-6-11;/h1-2,5-7,9,12-13H,3-4,8,11H2;2-5,7-9H,1H3;/q2*-1;. The molecule has 0 unspecified atom stereocenters. The van der Waals surface area contributed by atoms with Crippen molar-refractivity contribution in [2.45, 2.75) is 32.6 Å². The van der Waals surface area contributed by atoms with Gasteiger partial charge in [-0.05, 0) is 65.5 Å². The summed E-state index contributed by atoms with van der Waals surface area (Å²) in [4.78, 5) is 8.96. The smallest absolute Gasteiger partial charge is 0.0930 e. The van der Waals surface area contributed by atoms with Gasteiger partial charge in [0.2, 0.25) is 0 Å². The number of aromatic nitrogens is 2. The first kappa shape index (κ1) is 25.1. The number of nitrogens with zero attached hydrogens (tertiary/aromatic N) is 2. The second-order valence-electron chi connectivity index (χ2n) is 9.18. The Hall–Kier alpha value is -3.59. The molecule has 185 valence electrons. The largest absolute Gasteiger partial charge is 0.505 e. The monoisotopic (exact) mass is 659 g/mol. The van der Waals surface area contributed by atoms with Crippen molar-refractivity contribution in [3.8, 4) is 22.5 Å². The molecule has 0 spiro atoms. The van der Waals surface area contributed by atoms with Gasteiger partial charge in [-0.3, -0.25) is 0 Å². The first-order chi connectivity index (χ1) is 17.8. The van der Waals surface area contributed by atoms with Gasteiger partial charge in [0.15, 0.2) is 0 Å². The predicted molar refractivity (Wildman–Crippen MR) is 146 cm³/mol. The third-order valence-electron chi connectivity index (χ3n) is 6.72. The summed E-state index contributed by atoms with van der Waals surface area (Å²) < 4.78 is 6.25. The summed E-state index contributed by atoms with van der Waals surface area (Å²) in [6.07, 6.45) is 8.38. The fourth-order valence-electron chi connectivity index (χ4n) is 4.90. The Kier molecular flexibility index (Phi) is 7.60. The Morgan fingerprint density at radius 3 is 2.49 bits per heavy atom. The van der Waals surface area contributed by atoms with E-state index < -0.39 is 0 Å². The maximum atomic E-state index is 6.25. The molecule has 6 aromatic rings. The first-order valence-corrected chi connectivity index (χ1v) is 12.5. The van der Waals surface area contributed by atoms with Gasteiger partial charge in [0, 0.05) is 38.9 Å². The molecule has 0 bridgehead atoms. The molecule has 1 aliphatic carbocycles. The molecule has 3 heterocycles. The zero-order chi connectivity index (χ0) is 24.3. The molecular formula is C33H26IrN2O-2. The SMILES string of the molecule is Cc1ccc(-c2[c-]cccc2)nc1.[Ir].[c-]1ccc2c3c(oc2c1-c1nccc2ccccc12)CCCC3. The third kappa shape index (κ3) is 5.13. The van der Waals surface area contributed by atoms with Crippen LogP contribution in [0.4, 0.5) is 0 Å². The Balaban J connectivity index is 0.000000172. The van der Waals surface area contributed by atoms with Gasteiger partial charge in [0.1, 0.15) is 0 Å². The normalized spacial score (nSPS) is 12.4. The minimum absolute atomic E-state index is 0. The van der Waals surface area contributed by atoms with Crippen molar-refractivity contribution in [3.05, 3.63) is 120 Å². The molecule has 0 aliphatic heterocycles. The van der Waals surface area contributed by atoms with E-state index in [9.17, 15) is 0 Å². The van der Waals surface area contributed by atoms with Crippen molar-refractivity contribution in [2.24, 2.45) is 0 Å².